The van der Waals surface area contributed by atoms with E-state index in [-0.39, 0.29) is 0 Å². The Morgan fingerprint density at radius 3 is 2.50 bits per heavy atom. The third-order valence-corrected chi connectivity index (χ3v) is 5.09. The molecule has 0 nitrogen and oxygen atoms in total. The molecule has 2 rings (SSSR count). The summed E-state index contributed by atoms with van der Waals surface area (Å²) < 4.78 is 1.64. The van der Waals surface area contributed by atoms with Crippen LogP contribution in [0.3, 0.4) is 0 Å². The van der Waals surface area contributed by atoms with Gasteiger partial charge in [-0.25, -0.2) is 0 Å². The van der Waals surface area contributed by atoms with Crippen molar-refractivity contribution in [3.63, 3.8) is 0 Å². The van der Waals surface area contributed by atoms with E-state index in [0.29, 0.717) is 5.92 Å². The summed E-state index contributed by atoms with van der Waals surface area (Å²) in [6.45, 7) is 6.89. The van der Waals surface area contributed by atoms with E-state index < -0.39 is 0 Å². The van der Waals surface area contributed by atoms with Crippen molar-refractivity contribution in [3.05, 3.63) is 43.8 Å². The van der Waals surface area contributed by atoms with Crippen molar-refractivity contribution < 1.29 is 24.7 Å². The van der Waals surface area contributed by atoms with Crippen LogP contribution in [0.15, 0.2) is 43.8 Å². The Bertz CT molecular complexity index is 391. The third kappa shape index (κ3) is 1.46. The number of hydrogen-bond acceptors (Lipinski definition) is 0. The van der Waals surface area contributed by atoms with Crippen LogP contribution in [0.1, 0.15) is 27.2 Å². The molecule has 0 heterocycles. The molecular weight excluding hydrogens is 247 g/mol. The summed E-state index contributed by atoms with van der Waals surface area (Å²) in [5.74, 6) is 0.685. The maximum absolute atomic E-state index is 2.33. The Kier molecular flexibility index (Phi) is 2.79. The molecule has 1 atom stereocenters. The second-order valence-electron chi connectivity index (χ2n) is 4.14. The van der Waals surface area contributed by atoms with Crippen LogP contribution in [0.2, 0.25) is 0 Å². The summed E-state index contributed by atoms with van der Waals surface area (Å²) >= 11 is 1.58. The van der Waals surface area contributed by atoms with Gasteiger partial charge in [-0.2, -0.15) is 0 Å². The molecule has 0 saturated heterocycles. The van der Waals surface area contributed by atoms with Crippen LogP contribution in [0.5, 0.6) is 0 Å². The molecular formula is C13H15Zr. The van der Waals surface area contributed by atoms with Crippen LogP contribution in [0.4, 0.5) is 0 Å². The summed E-state index contributed by atoms with van der Waals surface area (Å²) in [7, 11) is 0. The SMILES string of the molecule is CC1=C(C)C(C)[C]([Zr])=C1C1=CC=CC1. The van der Waals surface area contributed by atoms with Gasteiger partial charge in [0.05, 0.1) is 0 Å². The molecule has 0 fully saturated rings. The van der Waals surface area contributed by atoms with E-state index in [4.69, 9.17) is 0 Å². The van der Waals surface area contributed by atoms with Gasteiger partial charge in [0.2, 0.25) is 0 Å². The molecule has 0 spiro atoms. The summed E-state index contributed by atoms with van der Waals surface area (Å²) in [4.78, 5) is 0. The van der Waals surface area contributed by atoms with Gasteiger partial charge in [-0.1, -0.05) is 0 Å². The average molecular weight is 262 g/mol. The van der Waals surface area contributed by atoms with Crippen LogP contribution < -0.4 is 0 Å². The predicted octanol–water partition coefficient (Wildman–Crippen LogP) is 3.66. The van der Waals surface area contributed by atoms with Gasteiger partial charge in [0.1, 0.15) is 0 Å². The Morgan fingerprint density at radius 1 is 1.36 bits per heavy atom. The van der Waals surface area contributed by atoms with Gasteiger partial charge in [-0.3, -0.25) is 0 Å². The summed E-state index contributed by atoms with van der Waals surface area (Å²) in [5.41, 5.74) is 6.19. The van der Waals surface area contributed by atoms with Crippen molar-refractivity contribution in [2.24, 2.45) is 5.92 Å². The minimum atomic E-state index is 0.685. The molecule has 0 aromatic carbocycles. The topological polar surface area (TPSA) is 0 Å². The monoisotopic (exact) mass is 261 g/mol. The van der Waals surface area contributed by atoms with E-state index in [1.165, 1.54) is 11.1 Å². The molecule has 2 aliphatic rings. The fourth-order valence-corrected chi connectivity index (χ4v) is 3.59. The fraction of sp³-hybridized carbons (Fsp3) is 0.385. The Labute approximate surface area is 101 Å². The molecule has 1 unspecified atom stereocenters. The predicted molar refractivity (Wildman–Crippen MR) is 56.4 cm³/mol. The van der Waals surface area contributed by atoms with E-state index in [2.05, 4.69) is 39.0 Å². The molecule has 0 aliphatic heterocycles. The fourth-order valence-electron chi connectivity index (χ4n) is 2.20. The Morgan fingerprint density at radius 2 is 2.07 bits per heavy atom. The Balaban J connectivity index is 2.44. The summed E-state index contributed by atoms with van der Waals surface area (Å²) in [6.07, 6.45) is 7.83. The molecule has 1 heteroatoms. The molecule has 71 valence electrons. The first-order chi connectivity index (χ1) is 6.63. The summed E-state index contributed by atoms with van der Waals surface area (Å²) in [5, 5.41) is 0. The first-order valence-corrected chi connectivity index (χ1v) is 6.35. The molecule has 0 bridgehead atoms. The summed E-state index contributed by atoms with van der Waals surface area (Å²) in [6, 6.07) is 0. The minimum absolute atomic E-state index is 0.685. The molecule has 0 N–H and O–H groups in total. The number of hydrogen-bond donors (Lipinski definition) is 0. The van der Waals surface area contributed by atoms with Crippen molar-refractivity contribution in [1.82, 2.24) is 0 Å². The van der Waals surface area contributed by atoms with E-state index in [1.54, 1.807) is 39.1 Å². The van der Waals surface area contributed by atoms with Crippen molar-refractivity contribution in [2.75, 3.05) is 0 Å². The van der Waals surface area contributed by atoms with Crippen LogP contribution >= 0.6 is 0 Å². The first-order valence-electron chi connectivity index (χ1n) is 5.12. The standard InChI is InChI=1S/C13H15.Zr/c1-9-8-13(11(3)10(9)2)12-6-4-5-7-12;/h4-6,9H,7H2,1-3H3;. The van der Waals surface area contributed by atoms with Gasteiger partial charge in [-0.05, 0) is 0 Å². The van der Waals surface area contributed by atoms with Crippen LogP contribution in [0, 0.1) is 5.92 Å². The quantitative estimate of drug-likeness (QED) is 0.676. The number of allylic oxidation sites excluding steroid dienone is 8. The van der Waals surface area contributed by atoms with Crippen molar-refractivity contribution in [2.45, 2.75) is 27.2 Å². The van der Waals surface area contributed by atoms with Crippen LogP contribution in [-0.2, 0) is 24.7 Å². The van der Waals surface area contributed by atoms with Crippen molar-refractivity contribution in [1.29, 1.82) is 0 Å². The average Bonchev–Trinajstić information content (AvgIpc) is 2.73. The first kappa shape index (κ1) is 10.4. The van der Waals surface area contributed by atoms with Crippen LogP contribution in [-0.4, -0.2) is 0 Å². The number of rotatable bonds is 1. The zero-order chi connectivity index (χ0) is 10.3. The molecule has 2 aliphatic carbocycles. The van der Waals surface area contributed by atoms with Crippen molar-refractivity contribution in [3.8, 4) is 0 Å². The second kappa shape index (κ2) is 3.78. The molecule has 0 saturated carbocycles. The second-order valence-corrected chi connectivity index (χ2v) is 5.47. The van der Waals surface area contributed by atoms with Gasteiger partial charge in [0, 0.05) is 0 Å². The molecule has 0 aromatic rings. The van der Waals surface area contributed by atoms with Gasteiger partial charge < -0.3 is 0 Å². The van der Waals surface area contributed by atoms with E-state index in [0.717, 1.165) is 6.42 Å². The third-order valence-electron chi connectivity index (χ3n) is 3.41. The molecule has 14 heavy (non-hydrogen) atoms. The van der Waals surface area contributed by atoms with E-state index >= 15 is 0 Å². The van der Waals surface area contributed by atoms with Gasteiger partial charge in [-0.15, -0.1) is 0 Å². The Hall–Kier alpha value is -0.157. The zero-order valence-electron chi connectivity index (χ0n) is 9.02. The maximum atomic E-state index is 2.33. The molecule has 0 aromatic heterocycles. The molecule has 0 amide bonds. The van der Waals surface area contributed by atoms with Crippen molar-refractivity contribution >= 4 is 0 Å². The zero-order valence-corrected chi connectivity index (χ0v) is 11.5. The normalized spacial score (nSPS) is 26.4. The molecule has 0 radical (unpaired) electrons. The van der Waals surface area contributed by atoms with E-state index in [9.17, 15) is 0 Å². The van der Waals surface area contributed by atoms with Gasteiger partial charge >= 0.3 is 102 Å². The van der Waals surface area contributed by atoms with E-state index in [1.807, 2.05) is 0 Å². The van der Waals surface area contributed by atoms with Gasteiger partial charge in [0.25, 0.3) is 0 Å². The van der Waals surface area contributed by atoms with Crippen LogP contribution in [0.25, 0.3) is 0 Å². The van der Waals surface area contributed by atoms with Gasteiger partial charge in [0.15, 0.2) is 0 Å².